The Morgan fingerprint density at radius 2 is 2.08 bits per heavy atom. The second-order valence-electron chi connectivity index (χ2n) is 4.73. The number of β-amino-alcohol motifs (C(OH)–C–C–N with tert-alkyl or cyclic N) is 1. The van der Waals surface area contributed by atoms with Gasteiger partial charge in [-0.3, -0.25) is 4.90 Å². The molecule has 0 radical (unpaired) electrons. The van der Waals surface area contributed by atoms with Crippen LogP contribution in [0.2, 0.25) is 0 Å². The molecule has 2 aliphatic rings. The summed E-state index contributed by atoms with van der Waals surface area (Å²) >= 11 is 0. The van der Waals surface area contributed by atoms with Crippen molar-refractivity contribution in [3.05, 3.63) is 0 Å². The number of likely N-dealkylation sites (tertiary alicyclic amines) is 1. The normalized spacial score (nSPS) is 29.8. The summed E-state index contributed by atoms with van der Waals surface area (Å²) in [5.41, 5.74) is -0.362. The van der Waals surface area contributed by atoms with Gasteiger partial charge in [0, 0.05) is 19.6 Å². The van der Waals surface area contributed by atoms with E-state index in [1.807, 2.05) is 6.92 Å². The van der Waals surface area contributed by atoms with E-state index in [4.69, 9.17) is 5.11 Å². The van der Waals surface area contributed by atoms with Gasteiger partial charge < -0.3 is 10.2 Å². The van der Waals surface area contributed by atoms with Crippen molar-refractivity contribution in [1.82, 2.24) is 4.90 Å². The monoisotopic (exact) mass is 185 g/mol. The van der Waals surface area contributed by atoms with Crippen molar-refractivity contribution in [2.45, 2.75) is 37.9 Å². The van der Waals surface area contributed by atoms with Crippen molar-refractivity contribution in [3.8, 4) is 0 Å². The zero-order chi connectivity index (χ0) is 9.47. The van der Waals surface area contributed by atoms with Crippen molar-refractivity contribution >= 4 is 0 Å². The Balaban J connectivity index is 1.66. The van der Waals surface area contributed by atoms with E-state index in [2.05, 4.69) is 4.90 Å². The van der Waals surface area contributed by atoms with E-state index < -0.39 is 0 Å². The van der Waals surface area contributed by atoms with Gasteiger partial charge in [-0.05, 0) is 32.1 Å². The molecule has 1 atom stereocenters. The van der Waals surface area contributed by atoms with E-state index in [0.29, 0.717) is 5.92 Å². The summed E-state index contributed by atoms with van der Waals surface area (Å²) in [6, 6.07) is 0. The van der Waals surface area contributed by atoms with Crippen LogP contribution >= 0.6 is 0 Å². The van der Waals surface area contributed by atoms with Crippen LogP contribution in [-0.2, 0) is 0 Å². The van der Waals surface area contributed by atoms with Gasteiger partial charge in [-0.25, -0.2) is 0 Å². The van der Waals surface area contributed by atoms with Gasteiger partial charge in [-0.2, -0.15) is 0 Å². The summed E-state index contributed by atoms with van der Waals surface area (Å²) in [6.07, 6.45) is 3.03. The lowest BCUT2D eigenvalue weighted by Crippen LogP contribution is -2.63. The Labute approximate surface area is 79.4 Å². The summed E-state index contributed by atoms with van der Waals surface area (Å²) < 4.78 is 0. The van der Waals surface area contributed by atoms with Crippen LogP contribution in [-0.4, -0.2) is 46.5 Å². The van der Waals surface area contributed by atoms with Gasteiger partial charge in [-0.15, -0.1) is 0 Å². The molecule has 1 unspecified atom stereocenters. The molecular weight excluding hydrogens is 166 g/mol. The van der Waals surface area contributed by atoms with Crippen LogP contribution in [0.25, 0.3) is 0 Å². The molecule has 2 fully saturated rings. The minimum atomic E-state index is -0.362. The highest BCUT2D eigenvalue weighted by Crippen LogP contribution is 2.44. The van der Waals surface area contributed by atoms with Crippen molar-refractivity contribution in [2.24, 2.45) is 5.92 Å². The van der Waals surface area contributed by atoms with Crippen LogP contribution in [0.15, 0.2) is 0 Å². The average molecular weight is 185 g/mol. The highest BCUT2D eigenvalue weighted by atomic mass is 16.3. The van der Waals surface area contributed by atoms with Crippen molar-refractivity contribution < 1.29 is 10.2 Å². The predicted molar refractivity (Wildman–Crippen MR) is 50.4 cm³/mol. The Morgan fingerprint density at radius 3 is 2.54 bits per heavy atom. The van der Waals surface area contributed by atoms with Gasteiger partial charge in [0.25, 0.3) is 0 Å². The first-order chi connectivity index (χ1) is 6.10. The molecular formula is C10H19NO2. The molecule has 1 saturated carbocycles. The fourth-order valence-electron chi connectivity index (χ4n) is 2.13. The second kappa shape index (κ2) is 3.23. The third-order valence-electron chi connectivity index (χ3n) is 3.20. The fraction of sp³-hybridized carbons (Fsp3) is 1.00. The van der Waals surface area contributed by atoms with E-state index in [1.54, 1.807) is 0 Å². The number of aliphatic hydroxyl groups is 2. The summed E-state index contributed by atoms with van der Waals surface area (Å²) in [4.78, 5) is 2.23. The first kappa shape index (κ1) is 9.44. The van der Waals surface area contributed by atoms with Crippen molar-refractivity contribution in [3.63, 3.8) is 0 Å². The molecule has 3 heteroatoms. The minimum Gasteiger partial charge on any atom is -0.393 e. The molecule has 2 rings (SSSR count). The highest BCUT2D eigenvalue weighted by Gasteiger charge is 2.51. The van der Waals surface area contributed by atoms with Gasteiger partial charge in [-0.1, -0.05) is 0 Å². The molecule has 0 spiro atoms. The number of nitrogens with zero attached hydrogens (tertiary/aromatic N) is 1. The number of aliphatic hydroxyl groups excluding tert-OH is 1. The van der Waals surface area contributed by atoms with E-state index in [-0.39, 0.29) is 11.7 Å². The van der Waals surface area contributed by atoms with Crippen LogP contribution < -0.4 is 0 Å². The van der Waals surface area contributed by atoms with E-state index in [1.165, 1.54) is 12.8 Å². The molecule has 0 aromatic rings. The molecule has 13 heavy (non-hydrogen) atoms. The summed E-state index contributed by atoms with van der Waals surface area (Å²) in [5.74, 6) is 0.579. The fourth-order valence-corrected chi connectivity index (χ4v) is 2.13. The Bertz CT molecular complexity index is 183. The molecule has 76 valence electrons. The average Bonchev–Trinajstić information content (AvgIpc) is 2.77. The summed E-state index contributed by atoms with van der Waals surface area (Å²) in [5, 5.41) is 19.1. The van der Waals surface area contributed by atoms with Gasteiger partial charge in [0.2, 0.25) is 0 Å². The van der Waals surface area contributed by atoms with Crippen LogP contribution in [0.3, 0.4) is 0 Å². The third-order valence-corrected chi connectivity index (χ3v) is 3.20. The molecule has 0 bridgehead atoms. The topological polar surface area (TPSA) is 43.7 Å². The standard InChI is InChI=1S/C10H19NO2/c1-8(12)4-5-11-6-10(13,7-11)9-2-3-9/h8-9,12-13H,2-7H2,1H3. The van der Waals surface area contributed by atoms with E-state index >= 15 is 0 Å². The second-order valence-corrected chi connectivity index (χ2v) is 4.73. The predicted octanol–water partition coefficient (Wildman–Crippen LogP) is 0.214. The maximum atomic E-state index is 9.98. The van der Waals surface area contributed by atoms with Crippen LogP contribution in [0.5, 0.6) is 0 Å². The SMILES string of the molecule is CC(O)CCN1CC(O)(C2CC2)C1. The lowest BCUT2D eigenvalue weighted by atomic mass is 9.88. The molecule has 3 nitrogen and oxygen atoms in total. The van der Waals surface area contributed by atoms with Gasteiger partial charge in [0.1, 0.15) is 0 Å². The zero-order valence-electron chi connectivity index (χ0n) is 8.24. The highest BCUT2D eigenvalue weighted by molar-refractivity contribution is 5.05. The van der Waals surface area contributed by atoms with Crippen LogP contribution in [0.4, 0.5) is 0 Å². The molecule has 1 saturated heterocycles. The maximum Gasteiger partial charge on any atom is 0.0928 e. The van der Waals surface area contributed by atoms with Crippen LogP contribution in [0, 0.1) is 5.92 Å². The summed E-state index contributed by atoms with van der Waals surface area (Å²) in [6.45, 7) is 4.38. The first-order valence-corrected chi connectivity index (χ1v) is 5.23. The quantitative estimate of drug-likeness (QED) is 0.658. The molecule has 1 heterocycles. The Hall–Kier alpha value is -0.120. The smallest absolute Gasteiger partial charge is 0.0928 e. The molecule has 2 N–H and O–H groups in total. The summed E-state index contributed by atoms with van der Waals surface area (Å²) in [7, 11) is 0. The van der Waals surface area contributed by atoms with E-state index in [0.717, 1.165) is 26.1 Å². The Morgan fingerprint density at radius 1 is 1.46 bits per heavy atom. The van der Waals surface area contributed by atoms with Crippen molar-refractivity contribution in [1.29, 1.82) is 0 Å². The van der Waals surface area contributed by atoms with E-state index in [9.17, 15) is 5.11 Å². The maximum absolute atomic E-state index is 9.98. The minimum absolute atomic E-state index is 0.213. The van der Waals surface area contributed by atoms with Crippen LogP contribution in [0.1, 0.15) is 26.2 Å². The molecule has 0 aromatic carbocycles. The number of hydrogen-bond acceptors (Lipinski definition) is 3. The molecule has 1 aliphatic carbocycles. The largest absolute Gasteiger partial charge is 0.393 e. The zero-order valence-corrected chi connectivity index (χ0v) is 8.24. The number of hydrogen-bond donors (Lipinski definition) is 2. The number of rotatable bonds is 4. The van der Waals surface area contributed by atoms with Gasteiger partial charge in [0.15, 0.2) is 0 Å². The lowest BCUT2D eigenvalue weighted by Gasteiger charge is -2.47. The molecule has 1 aliphatic heterocycles. The first-order valence-electron chi connectivity index (χ1n) is 5.23. The van der Waals surface area contributed by atoms with Gasteiger partial charge in [0.05, 0.1) is 11.7 Å². The molecule has 0 amide bonds. The molecule has 0 aromatic heterocycles. The third kappa shape index (κ3) is 2.03. The Kier molecular flexibility index (Phi) is 2.34. The van der Waals surface area contributed by atoms with Gasteiger partial charge >= 0.3 is 0 Å². The van der Waals surface area contributed by atoms with Crippen molar-refractivity contribution in [2.75, 3.05) is 19.6 Å². The lowest BCUT2D eigenvalue weighted by molar-refractivity contribution is -0.115.